The molecule has 0 aliphatic rings. The minimum atomic E-state index is -3.10. The molecule has 1 aromatic carbocycles. The monoisotopic (exact) mass is 278 g/mol. The van der Waals surface area contributed by atoms with E-state index >= 15 is 0 Å². The highest BCUT2D eigenvalue weighted by atomic mass is 32.2. The van der Waals surface area contributed by atoms with Gasteiger partial charge in [-0.05, 0) is 37.1 Å². The summed E-state index contributed by atoms with van der Waals surface area (Å²) in [5.41, 5.74) is 7.27. The molecule has 2 aromatic rings. The molecule has 1 unspecified atom stereocenters. The minimum absolute atomic E-state index is 0.0601. The Morgan fingerprint density at radius 1 is 1.32 bits per heavy atom. The van der Waals surface area contributed by atoms with Crippen molar-refractivity contribution in [1.29, 1.82) is 0 Å². The summed E-state index contributed by atoms with van der Waals surface area (Å²) in [7, 11) is -3.10. The van der Waals surface area contributed by atoms with E-state index in [2.05, 4.69) is 4.98 Å². The van der Waals surface area contributed by atoms with E-state index in [4.69, 9.17) is 5.73 Å². The number of hydrogen-bond acceptors (Lipinski definition) is 4. The minimum Gasteiger partial charge on any atom is -0.328 e. The maximum atomic E-state index is 12.0. The van der Waals surface area contributed by atoms with Gasteiger partial charge in [-0.3, -0.25) is 4.98 Å². The van der Waals surface area contributed by atoms with Gasteiger partial charge in [-0.25, -0.2) is 8.42 Å². The largest absolute Gasteiger partial charge is 0.328 e. The predicted octanol–water partition coefficient (Wildman–Crippen LogP) is 1.89. The molecule has 19 heavy (non-hydrogen) atoms. The molecule has 5 heteroatoms. The first-order chi connectivity index (χ1) is 8.96. The van der Waals surface area contributed by atoms with Gasteiger partial charge in [0.25, 0.3) is 0 Å². The predicted molar refractivity (Wildman–Crippen MR) is 77.5 cm³/mol. The molecule has 2 N–H and O–H groups in total. The Balaban J connectivity index is 2.16. The number of nitrogens with zero attached hydrogens (tertiary/aromatic N) is 1. The molecule has 0 radical (unpaired) electrons. The van der Waals surface area contributed by atoms with E-state index in [1.807, 2.05) is 37.3 Å². The fourth-order valence-corrected chi connectivity index (χ4v) is 3.47. The second-order valence-electron chi connectivity index (χ2n) is 4.89. The van der Waals surface area contributed by atoms with Crippen molar-refractivity contribution in [2.24, 2.45) is 5.73 Å². The van der Waals surface area contributed by atoms with Gasteiger partial charge in [0.1, 0.15) is 0 Å². The van der Waals surface area contributed by atoms with E-state index in [9.17, 15) is 8.42 Å². The highest BCUT2D eigenvalue weighted by molar-refractivity contribution is 7.90. The lowest BCUT2D eigenvalue weighted by Crippen LogP contribution is -2.20. The van der Waals surface area contributed by atoms with Crippen molar-refractivity contribution >= 4 is 20.7 Å². The van der Waals surface area contributed by atoms with Crippen LogP contribution >= 0.6 is 0 Å². The lowest BCUT2D eigenvalue weighted by molar-refractivity contribution is 0.586. The smallest absolute Gasteiger partial charge is 0.154 e. The Morgan fingerprint density at radius 2 is 2.11 bits per heavy atom. The Morgan fingerprint density at radius 3 is 2.84 bits per heavy atom. The summed E-state index contributed by atoms with van der Waals surface area (Å²) in [6.45, 7) is 1.82. The maximum absolute atomic E-state index is 12.0. The molecule has 0 bridgehead atoms. The fraction of sp³-hybridized carbons (Fsp3) is 0.357. The van der Waals surface area contributed by atoms with Crippen LogP contribution in [0.1, 0.15) is 18.9 Å². The Kier molecular flexibility index (Phi) is 4.17. The number of fused-ring (bicyclic) bond motifs is 1. The third kappa shape index (κ3) is 4.01. The second-order valence-corrected chi connectivity index (χ2v) is 7.07. The quantitative estimate of drug-likeness (QED) is 0.906. The molecule has 0 aliphatic heterocycles. The van der Waals surface area contributed by atoms with Gasteiger partial charge < -0.3 is 5.73 Å². The third-order valence-electron chi connectivity index (χ3n) is 2.94. The Labute approximate surface area is 113 Å². The van der Waals surface area contributed by atoms with Gasteiger partial charge in [0.15, 0.2) is 9.84 Å². The highest BCUT2D eigenvalue weighted by Crippen LogP contribution is 2.16. The number of hydrogen-bond donors (Lipinski definition) is 1. The van der Waals surface area contributed by atoms with Crippen LogP contribution in [0, 0.1) is 0 Å². The first-order valence-corrected chi connectivity index (χ1v) is 8.08. The average molecular weight is 278 g/mol. The summed E-state index contributed by atoms with van der Waals surface area (Å²) in [5.74, 6) is 0.195. The topological polar surface area (TPSA) is 73.1 Å². The normalized spacial score (nSPS) is 13.6. The maximum Gasteiger partial charge on any atom is 0.154 e. The van der Waals surface area contributed by atoms with Gasteiger partial charge in [0.05, 0.1) is 17.0 Å². The van der Waals surface area contributed by atoms with Crippen LogP contribution < -0.4 is 5.73 Å². The van der Waals surface area contributed by atoms with E-state index in [-0.39, 0.29) is 17.5 Å². The molecule has 1 heterocycles. The van der Waals surface area contributed by atoms with Crippen LogP contribution in [-0.4, -0.2) is 25.2 Å². The van der Waals surface area contributed by atoms with E-state index in [0.29, 0.717) is 6.42 Å². The zero-order valence-corrected chi connectivity index (χ0v) is 11.7. The molecule has 2 rings (SSSR count). The molecule has 0 fully saturated rings. The van der Waals surface area contributed by atoms with Crippen LogP contribution in [0.15, 0.2) is 36.5 Å². The molecule has 1 aromatic heterocycles. The lowest BCUT2D eigenvalue weighted by atomic mass is 10.1. The molecule has 1 atom stereocenters. The van der Waals surface area contributed by atoms with Crippen molar-refractivity contribution < 1.29 is 8.42 Å². The fourth-order valence-electron chi connectivity index (χ4n) is 1.91. The lowest BCUT2D eigenvalue weighted by Gasteiger charge is -2.07. The Hall–Kier alpha value is -1.46. The number of sulfone groups is 1. The second kappa shape index (κ2) is 5.67. The molecule has 0 aliphatic carbocycles. The standard InChI is InChI=1S/C14H18N2O2S/c1-11(15)6-8-19(17,18)10-12-4-5-14-13(9-12)3-2-7-16-14/h2-5,7,9,11H,6,8,10,15H2,1H3. The van der Waals surface area contributed by atoms with Crippen molar-refractivity contribution in [3.63, 3.8) is 0 Å². The summed E-state index contributed by atoms with van der Waals surface area (Å²) in [6, 6.07) is 9.24. The Bertz CT molecular complexity index is 666. The number of rotatable bonds is 5. The van der Waals surface area contributed by atoms with Crippen molar-refractivity contribution in [3.05, 3.63) is 42.1 Å². The van der Waals surface area contributed by atoms with Crippen LogP contribution in [0.3, 0.4) is 0 Å². The average Bonchev–Trinajstić information content (AvgIpc) is 2.36. The molecule has 0 saturated carbocycles. The van der Waals surface area contributed by atoms with E-state index in [1.165, 1.54) is 0 Å². The van der Waals surface area contributed by atoms with Gasteiger partial charge in [-0.15, -0.1) is 0 Å². The molecular formula is C14H18N2O2S. The van der Waals surface area contributed by atoms with Crippen molar-refractivity contribution in [2.45, 2.75) is 25.1 Å². The van der Waals surface area contributed by atoms with Crippen molar-refractivity contribution in [3.8, 4) is 0 Å². The van der Waals surface area contributed by atoms with Crippen LogP contribution in [0.2, 0.25) is 0 Å². The summed E-state index contributed by atoms with van der Waals surface area (Å²) in [6.07, 6.45) is 2.22. The molecule has 4 nitrogen and oxygen atoms in total. The molecular weight excluding hydrogens is 260 g/mol. The van der Waals surface area contributed by atoms with Crippen LogP contribution in [0.5, 0.6) is 0 Å². The van der Waals surface area contributed by atoms with Crippen LogP contribution in [0.4, 0.5) is 0 Å². The van der Waals surface area contributed by atoms with E-state index in [1.54, 1.807) is 6.20 Å². The summed E-state index contributed by atoms with van der Waals surface area (Å²) >= 11 is 0. The van der Waals surface area contributed by atoms with E-state index < -0.39 is 9.84 Å². The van der Waals surface area contributed by atoms with Crippen molar-refractivity contribution in [1.82, 2.24) is 4.98 Å². The zero-order chi connectivity index (χ0) is 13.9. The molecule has 0 spiro atoms. The summed E-state index contributed by atoms with van der Waals surface area (Å²) < 4.78 is 23.9. The molecule has 102 valence electrons. The third-order valence-corrected chi connectivity index (χ3v) is 4.57. The molecule has 0 saturated heterocycles. The van der Waals surface area contributed by atoms with Crippen LogP contribution in [0.25, 0.3) is 10.9 Å². The first kappa shape index (κ1) is 14.0. The van der Waals surface area contributed by atoms with Gasteiger partial charge in [-0.2, -0.15) is 0 Å². The summed E-state index contributed by atoms with van der Waals surface area (Å²) in [5, 5.41) is 0.961. The van der Waals surface area contributed by atoms with Crippen LogP contribution in [-0.2, 0) is 15.6 Å². The van der Waals surface area contributed by atoms with E-state index in [0.717, 1.165) is 16.5 Å². The van der Waals surface area contributed by atoms with Crippen molar-refractivity contribution in [2.75, 3.05) is 5.75 Å². The van der Waals surface area contributed by atoms with Gasteiger partial charge >= 0.3 is 0 Å². The number of pyridine rings is 1. The zero-order valence-electron chi connectivity index (χ0n) is 10.9. The highest BCUT2D eigenvalue weighted by Gasteiger charge is 2.13. The van der Waals surface area contributed by atoms with Gasteiger partial charge in [0, 0.05) is 17.6 Å². The van der Waals surface area contributed by atoms with Gasteiger partial charge in [0.2, 0.25) is 0 Å². The SMILES string of the molecule is CC(N)CCS(=O)(=O)Cc1ccc2ncccc2c1. The number of aromatic nitrogens is 1. The first-order valence-electron chi connectivity index (χ1n) is 6.26. The number of benzene rings is 1. The number of nitrogens with two attached hydrogens (primary N) is 1. The summed E-state index contributed by atoms with van der Waals surface area (Å²) in [4.78, 5) is 4.21. The molecule has 0 amide bonds. The van der Waals surface area contributed by atoms with Gasteiger partial charge in [-0.1, -0.05) is 12.1 Å².